The van der Waals surface area contributed by atoms with Gasteiger partial charge in [-0.2, -0.15) is 0 Å². The Balaban J connectivity index is 3.26. The van der Waals surface area contributed by atoms with Crippen LogP contribution in [0.15, 0.2) is 0 Å². The SMILES string of the molecule is CCCCCCCCCCCCCCCCOB(OCCN)OCCN. The van der Waals surface area contributed by atoms with Crippen molar-refractivity contribution >= 4 is 7.32 Å². The highest BCUT2D eigenvalue weighted by Crippen LogP contribution is 2.13. The highest BCUT2D eigenvalue weighted by molar-refractivity contribution is 6.36. The third-order valence-corrected chi connectivity index (χ3v) is 4.50. The molecule has 0 rings (SSSR count). The summed E-state index contributed by atoms with van der Waals surface area (Å²) in [5.41, 5.74) is 10.9. The molecule has 0 amide bonds. The van der Waals surface area contributed by atoms with Gasteiger partial charge in [-0.25, -0.2) is 0 Å². The summed E-state index contributed by atoms with van der Waals surface area (Å²) in [4.78, 5) is 0. The molecule has 0 aliphatic heterocycles. The van der Waals surface area contributed by atoms with Crippen molar-refractivity contribution < 1.29 is 14.0 Å². The molecule has 0 saturated heterocycles. The summed E-state index contributed by atoms with van der Waals surface area (Å²) in [6.45, 7) is 4.74. The van der Waals surface area contributed by atoms with Gasteiger partial charge in [0.05, 0.1) is 0 Å². The Hall–Kier alpha value is -0.135. The topological polar surface area (TPSA) is 79.7 Å². The molecule has 0 aliphatic rings. The molecule has 4 N–H and O–H groups in total. The van der Waals surface area contributed by atoms with Crippen molar-refractivity contribution in [3.8, 4) is 0 Å². The highest BCUT2D eigenvalue weighted by atomic mass is 16.7. The standard InChI is InChI=1S/C20H45BN2O3/c1-2-3-4-5-6-7-8-9-10-11-12-13-14-15-18-24-21(25-19-16-22)26-20-17-23/h2-20,22-23H2,1H3. The predicted molar refractivity (Wildman–Crippen MR) is 112 cm³/mol. The molecule has 5 nitrogen and oxygen atoms in total. The fourth-order valence-corrected chi connectivity index (χ4v) is 2.95. The Labute approximate surface area is 163 Å². The van der Waals surface area contributed by atoms with Gasteiger partial charge < -0.3 is 25.4 Å². The third-order valence-electron chi connectivity index (χ3n) is 4.50. The molecule has 0 bridgehead atoms. The van der Waals surface area contributed by atoms with Crippen LogP contribution in [0.1, 0.15) is 96.8 Å². The average molecular weight is 372 g/mol. The molecule has 0 atom stereocenters. The Kier molecular flexibility index (Phi) is 22.8. The van der Waals surface area contributed by atoms with Crippen molar-refractivity contribution in [1.82, 2.24) is 0 Å². The number of rotatable bonds is 22. The van der Waals surface area contributed by atoms with E-state index in [1.807, 2.05) is 0 Å². The molecule has 156 valence electrons. The van der Waals surface area contributed by atoms with E-state index in [4.69, 9.17) is 25.4 Å². The van der Waals surface area contributed by atoms with Gasteiger partial charge in [0, 0.05) is 32.9 Å². The number of unbranched alkanes of at least 4 members (excludes halogenated alkanes) is 13. The minimum Gasteiger partial charge on any atom is -0.386 e. The van der Waals surface area contributed by atoms with E-state index in [1.165, 1.54) is 83.5 Å². The molecule has 0 fully saturated rings. The lowest BCUT2D eigenvalue weighted by Crippen LogP contribution is -2.32. The van der Waals surface area contributed by atoms with E-state index in [1.54, 1.807) is 0 Å². The van der Waals surface area contributed by atoms with Crippen LogP contribution in [0.2, 0.25) is 0 Å². The van der Waals surface area contributed by atoms with Crippen molar-refractivity contribution in [3.63, 3.8) is 0 Å². The summed E-state index contributed by atoms with van der Waals surface area (Å²) in [5, 5.41) is 0. The maximum atomic E-state index is 5.60. The molecule has 0 aromatic carbocycles. The average Bonchev–Trinajstić information content (AvgIpc) is 2.66. The van der Waals surface area contributed by atoms with Crippen molar-refractivity contribution in [2.24, 2.45) is 11.5 Å². The zero-order valence-electron chi connectivity index (χ0n) is 17.4. The summed E-state index contributed by atoms with van der Waals surface area (Å²) >= 11 is 0. The first-order chi connectivity index (χ1) is 12.8. The maximum absolute atomic E-state index is 5.60. The van der Waals surface area contributed by atoms with Crippen molar-refractivity contribution in [1.29, 1.82) is 0 Å². The molecular weight excluding hydrogens is 327 g/mol. The first-order valence-electron chi connectivity index (χ1n) is 11.1. The van der Waals surface area contributed by atoms with Gasteiger partial charge in [0.15, 0.2) is 0 Å². The second-order valence-corrected chi connectivity index (χ2v) is 7.07. The van der Waals surface area contributed by atoms with Crippen molar-refractivity contribution in [2.45, 2.75) is 96.8 Å². The van der Waals surface area contributed by atoms with Crippen LogP contribution in [0.5, 0.6) is 0 Å². The van der Waals surface area contributed by atoms with Gasteiger partial charge in [-0.1, -0.05) is 90.4 Å². The smallest absolute Gasteiger partial charge is 0.386 e. The van der Waals surface area contributed by atoms with Gasteiger partial charge in [-0.3, -0.25) is 0 Å². The summed E-state index contributed by atoms with van der Waals surface area (Å²) < 4.78 is 16.4. The van der Waals surface area contributed by atoms with E-state index in [-0.39, 0.29) is 0 Å². The fraction of sp³-hybridized carbons (Fsp3) is 1.00. The van der Waals surface area contributed by atoms with E-state index < -0.39 is 7.32 Å². The summed E-state index contributed by atoms with van der Waals surface area (Å²) in [6.07, 6.45) is 19.0. The normalized spacial score (nSPS) is 11.2. The lowest BCUT2D eigenvalue weighted by Gasteiger charge is -2.13. The van der Waals surface area contributed by atoms with E-state index in [0.717, 1.165) is 6.42 Å². The van der Waals surface area contributed by atoms with Crippen molar-refractivity contribution in [3.05, 3.63) is 0 Å². The van der Waals surface area contributed by atoms with Crippen LogP contribution in [-0.4, -0.2) is 40.2 Å². The fourth-order valence-electron chi connectivity index (χ4n) is 2.95. The molecular formula is C20H45BN2O3. The van der Waals surface area contributed by atoms with Gasteiger partial charge in [0.2, 0.25) is 0 Å². The Morgan fingerprint density at radius 3 is 1.23 bits per heavy atom. The Morgan fingerprint density at radius 2 is 0.846 bits per heavy atom. The quantitative estimate of drug-likeness (QED) is 0.217. The van der Waals surface area contributed by atoms with Crippen LogP contribution >= 0.6 is 0 Å². The van der Waals surface area contributed by atoms with Gasteiger partial charge in [-0.05, 0) is 6.42 Å². The van der Waals surface area contributed by atoms with Crippen LogP contribution in [0.4, 0.5) is 0 Å². The molecule has 0 radical (unpaired) electrons. The van der Waals surface area contributed by atoms with Crippen LogP contribution in [0.25, 0.3) is 0 Å². The molecule has 0 aliphatic carbocycles. The van der Waals surface area contributed by atoms with Gasteiger partial charge in [-0.15, -0.1) is 0 Å². The predicted octanol–water partition coefficient (Wildman–Crippen LogP) is 4.42. The van der Waals surface area contributed by atoms with Gasteiger partial charge >= 0.3 is 7.32 Å². The summed E-state index contributed by atoms with van der Waals surface area (Å²) in [7, 11) is -0.621. The van der Waals surface area contributed by atoms with E-state index >= 15 is 0 Å². The minimum absolute atomic E-state index is 0.438. The Morgan fingerprint density at radius 1 is 0.500 bits per heavy atom. The lowest BCUT2D eigenvalue weighted by atomic mass is 10.0. The number of nitrogens with two attached hydrogens (primary N) is 2. The first-order valence-corrected chi connectivity index (χ1v) is 11.1. The van der Waals surface area contributed by atoms with Crippen LogP contribution in [-0.2, 0) is 14.0 Å². The maximum Gasteiger partial charge on any atom is 0.639 e. The first kappa shape index (κ1) is 25.9. The molecule has 26 heavy (non-hydrogen) atoms. The minimum atomic E-state index is -0.621. The lowest BCUT2D eigenvalue weighted by molar-refractivity contribution is 0.0963. The van der Waals surface area contributed by atoms with Crippen LogP contribution in [0.3, 0.4) is 0 Å². The molecule has 0 saturated carbocycles. The van der Waals surface area contributed by atoms with E-state index in [9.17, 15) is 0 Å². The number of hydrogen-bond donors (Lipinski definition) is 2. The van der Waals surface area contributed by atoms with Gasteiger partial charge in [0.1, 0.15) is 0 Å². The third kappa shape index (κ3) is 20.2. The van der Waals surface area contributed by atoms with Crippen LogP contribution in [0, 0.1) is 0 Å². The zero-order valence-corrected chi connectivity index (χ0v) is 17.4. The molecule has 0 aromatic heterocycles. The molecule has 0 spiro atoms. The summed E-state index contributed by atoms with van der Waals surface area (Å²) in [6, 6.07) is 0. The largest absolute Gasteiger partial charge is 0.639 e. The monoisotopic (exact) mass is 372 g/mol. The molecule has 0 aromatic rings. The second kappa shape index (κ2) is 22.9. The Bertz CT molecular complexity index is 253. The molecule has 0 unspecified atom stereocenters. The van der Waals surface area contributed by atoms with Crippen LogP contribution < -0.4 is 11.5 Å². The van der Waals surface area contributed by atoms with Crippen molar-refractivity contribution in [2.75, 3.05) is 32.9 Å². The summed E-state index contributed by atoms with van der Waals surface area (Å²) in [5.74, 6) is 0. The zero-order chi connectivity index (χ0) is 19.1. The van der Waals surface area contributed by atoms with Gasteiger partial charge in [0.25, 0.3) is 0 Å². The van der Waals surface area contributed by atoms with E-state index in [0.29, 0.717) is 32.9 Å². The highest BCUT2D eigenvalue weighted by Gasteiger charge is 2.20. The molecule has 6 heteroatoms. The molecule has 0 heterocycles. The van der Waals surface area contributed by atoms with E-state index in [2.05, 4.69) is 6.92 Å². The number of hydrogen-bond acceptors (Lipinski definition) is 5. The second-order valence-electron chi connectivity index (χ2n) is 7.07.